The molecule has 2 rings (SSSR count). The molecule has 0 fully saturated rings. The first-order chi connectivity index (χ1) is 6.74. The molecule has 0 aliphatic heterocycles. The Bertz CT molecular complexity index is 489. The van der Waals surface area contributed by atoms with Crippen LogP contribution in [0.1, 0.15) is 16.2 Å². The van der Waals surface area contributed by atoms with E-state index < -0.39 is 0 Å². The minimum atomic E-state index is -0.138. The minimum Gasteiger partial charge on any atom is -0.324 e. The zero-order valence-electron chi connectivity index (χ0n) is 7.77. The van der Waals surface area contributed by atoms with E-state index in [4.69, 9.17) is 5.73 Å². The number of pyridine rings is 1. The Labute approximate surface area is 80.5 Å². The van der Waals surface area contributed by atoms with Crippen molar-refractivity contribution in [2.75, 3.05) is 6.54 Å². The predicted molar refractivity (Wildman–Crippen MR) is 51.1 cm³/mol. The summed E-state index contributed by atoms with van der Waals surface area (Å²) in [7, 11) is 0. The third-order valence-corrected chi connectivity index (χ3v) is 2.09. The highest BCUT2D eigenvalue weighted by Crippen LogP contribution is 2.09. The molecule has 2 N–H and O–H groups in total. The number of carbonyl (C=O) groups excluding carboxylic acids is 1. The van der Waals surface area contributed by atoms with Crippen molar-refractivity contribution in [3.05, 3.63) is 29.6 Å². The van der Waals surface area contributed by atoms with Crippen LogP contribution in [0.3, 0.4) is 0 Å². The molecular formula is C9H10N4O. The number of fused-ring (bicyclic) bond motifs is 1. The smallest absolute Gasteiger partial charge is 0.194 e. The fourth-order valence-corrected chi connectivity index (χ4v) is 1.35. The van der Waals surface area contributed by atoms with Crippen molar-refractivity contribution >= 4 is 11.3 Å². The lowest BCUT2D eigenvalue weighted by molar-refractivity contribution is 0.0994. The molecule has 0 unspecified atom stereocenters. The minimum absolute atomic E-state index is 0.0159. The lowest BCUT2D eigenvalue weighted by Gasteiger charge is -2.00. The van der Waals surface area contributed by atoms with E-state index in [1.807, 2.05) is 13.0 Å². The van der Waals surface area contributed by atoms with Crippen LogP contribution < -0.4 is 5.73 Å². The maximum absolute atomic E-state index is 11.4. The van der Waals surface area contributed by atoms with E-state index in [0.29, 0.717) is 5.69 Å². The van der Waals surface area contributed by atoms with Gasteiger partial charge in [0.05, 0.1) is 17.8 Å². The number of Topliss-reactive ketones (excluding diaryl/α,β-unsaturated/α-hetero) is 1. The van der Waals surface area contributed by atoms with Crippen LogP contribution in [0.4, 0.5) is 0 Å². The highest BCUT2D eigenvalue weighted by Gasteiger charge is 2.10. The van der Waals surface area contributed by atoms with Gasteiger partial charge in [-0.25, -0.2) is 4.52 Å². The Morgan fingerprint density at radius 3 is 3.07 bits per heavy atom. The van der Waals surface area contributed by atoms with Crippen LogP contribution in [0.2, 0.25) is 0 Å². The summed E-state index contributed by atoms with van der Waals surface area (Å²) in [5, 5.41) is 7.77. The fourth-order valence-electron chi connectivity index (χ4n) is 1.35. The third-order valence-electron chi connectivity index (χ3n) is 2.09. The number of rotatable bonds is 2. The van der Waals surface area contributed by atoms with E-state index >= 15 is 0 Å². The molecule has 14 heavy (non-hydrogen) atoms. The quantitative estimate of drug-likeness (QED) is 0.685. The molecule has 0 bridgehead atoms. The molecule has 0 atom stereocenters. The number of aryl methyl sites for hydroxylation is 1. The van der Waals surface area contributed by atoms with Crippen molar-refractivity contribution in [3.63, 3.8) is 0 Å². The summed E-state index contributed by atoms with van der Waals surface area (Å²) in [6.07, 6.45) is 0. The van der Waals surface area contributed by atoms with Gasteiger partial charge >= 0.3 is 0 Å². The van der Waals surface area contributed by atoms with Crippen molar-refractivity contribution in [2.24, 2.45) is 5.73 Å². The van der Waals surface area contributed by atoms with Crippen molar-refractivity contribution < 1.29 is 4.79 Å². The number of ketones is 1. The van der Waals surface area contributed by atoms with E-state index in [-0.39, 0.29) is 12.3 Å². The second-order valence-electron chi connectivity index (χ2n) is 3.01. The Balaban J connectivity index is 2.71. The molecule has 2 aromatic rings. The molecule has 2 heterocycles. The molecular weight excluding hydrogens is 180 g/mol. The average Bonchev–Trinajstić information content (AvgIpc) is 2.59. The summed E-state index contributed by atoms with van der Waals surface area (Å²) in [5.74, 6) is -0.138. The lowest BCUT2D eigenvalue weighted by atomic mass is 10.2. The number of hydrogen-bond acceptors (Lipinski definition) is 4. The van der Waals surface area contributed by atoms with Gasteiger partial charge in [0.1, 0.15) is 5.69 Å². The summed E-state index contributed by atoms with van der Waals surface area (Å²) >= 11 is 0. The Kier molecular flexibility index (Phi) is 2.01. The molecule has 0 aromatic carbocycles. The van der Waals surface area contributed by atoms with Gasteiger partial charge in [-0.2, -0.15) is 0 Å². The van der Waals surface area contributed by atoms with Crippen LogP contribution in [0.5, 0.6) is 0 Å². The van der Waals surface area contributed by atoms with Crippen LogP contribution in [-0.2, 0) is 0 Å². The van der Waals surface area contributed by atoms with E-state index in [9.17, 15) is 4.79 Å². The Hall–Kier alpha value is -1.75. The molecule has 0 amide bonds. The monoisotopic (exact) mass is 190 g/mol. The van der Waals surface area contributed by atoms with Crippen molar-refractivity contribution in [1.82, 2.24) is 14.8 Å². The first-order valence-corrected chi connectivity index (χ1v) is 4.28. The highest BCUT2D eigenvalue weighted by molar-refractivity contribution is 5.96. The average molecular weight is 190 g/mol. The maximum Gasteiger partial charge on any atom is 0.194 e. The number of carbonyl (C=O) groups is 1. The lowest BCUT2D eigenvalue weighted by Crippen LogP contribution is -2.17. The van der Waals surface area contributed by atoms with Gasteiger partial charge < -0.3 is 5.73 Å². The van der Waals surface area contributed by atoms with Crippen LogP contribution in [-0.4, -0.2) is 27.2 Å². The fraction of sp³-hybridized carbons (Fsp3) is 0.222. The van der Waals surface area contributed by atoms with Crippen molar-refractivity contribution in [3.8, 4) is 0 Å². The molecule has 0 aliphatic rings. The SMILES string of the molecule is Cc1nnn2c(C(=O)CN)cccc12. The highest BCUT2D eigenvalue weighted by atomic mass is 16.1. The van der Waals surface area contributed by atoms with Gasteiger partial charge in [0.25, 0.3) is 0 Å². The Morgan fingerprint density at radius 2 is 2.36 bits per heavy atom. The third kappa shape index (κ3) is 1.18. The largest absolute Gasteiger partial charge is 0.324 e. The summed E-state index contributed by atoms with van der Waals surface area (Å²) in [5.41, 5.74) is 7.41. The van der Waals surface area contributed by atoms with Gasteiger partial charge in [0.15, 0.2) is 5.78 Å². The first kappa shape index (κ1) is 8.83. The number of nitrogens with two attached hydrogens (primary N) is 1. The normalized spacial score (nSPS) is 10.7. The second-order valence-corrected chi connectivity index (χ2v) is 3.01. The van der Waals surface area contributed by atoms with Crippen molar-refractivity contribution in [1.29, 1.82) is 0 Å². The maximum atomic E-state index is 11.4. The summed E-state index contributed by atoms with van der Waals surface area (Å²) in [6.45, 7) is 1.83. The summed E-state index contributed by atoms with van der Waals surface area (Å²) < 4.78 is 1.52. The van der Waals surface area contributed by atoms with Gasteiger partial charge in [-0.15, -0.1) is 5.10 Å². The predicted octanol–water partition coefficient (Wildman–Crippen LogP) is 0.179. The van der Waals surface area contributed by atoms with E-state index in [1.54, 1.807) is 12.1 Å². The molecule has 5 heteroatoms. The number of aromatic nitrogens is 3. The van der Waals surface area contributed by atoms with Crippen LogP contribution in [0, 0.1) is 6.92 Å². The molecule has 0 saturated carbocycles. The first-order valence-electron chi connectivity index (χ1n) is 4.28. The number of nitrogens with zero attached hydrogens (tertiary/aromatic N) is 3. The zero-order valence-corrected chi connectivity index (χ0v) is 7.77. The molecule has 5 nitrogen and oxygen atoms in total. The van der Waals surface area contributed by atoms with Gasteiger partial charge in [-0.3, -0.25) is 4.79 Å². The molecule has 72 valence electrons. The van der Waals surface area contributed by atoms with E-state index in [2.05, 4.69) is 10.3 Å². The molecule has 2 aromatic heterocycles. The molecule has 0 radical (unpaired) electrons. The molecule has 0 aliphatic carbocycles. The molecule has 0 spiro atoms. The van der Waals surface area contributed by atoms with E-state index in [1.165, 1.54) is 4.52 Å². The van der Waals surface area contributed by atoms with Crippen LogP contribution in [0.15, 0.2) is 18.2 Å². The second kappa shape index (κ2) is 3.19. The van der Waals surface area contributed by atoms with Gasteiger partial charge in [-0.05, 0) is 19.1 Å². The number of hydrogen-bond donors (Lipinski definition) is 1. The standard InChI is InChI=1S/C9H10N4O/c1-6-7-3-2-4-8(9(14)5-10)13(7)12-11-6/h2-4H,5,10H2,1H3. The van der Waals surface area contributed by atoms with Crippen LogP contribution >= 0.6 is 0 Å². The van der Waals surface area contributed by atoms with Gasteiger partial charge in [0, 0.05) is 0 Å². The topological polar surface area (TPSA) is 73.3 Å². The molecule has 0 saturated heterocycles. The van der Waals surface area contributed by atoms with Gasteiger partial charge in [-0.1, -0.05) is 11.3 Å². The van der Waals surface area contributed by atoms with E-state index in [0.717, 1.165) is 11.2 Å². The van der Waals surface area contributed by atoms with Crippen LogP contribution in [0.25, 0.3) is 5.52 Å². The summed E-state index contributed by atoms with van der Waals surface area (Å²) in [4.78, 5) is 11.4. The van der Waals surface area contributed by atoms with Gasteiger partial charge in [0.2, 0.25) is 0 Å². The van der Waals surface area contributed by atoms with Crippen molar-refractivity contribution in [2.45, 2.75) is 6.92 Å². The zero-order chi connectivity index (χ0) is 10.1. The summed E-state index contributed by atoms with van der Waals surface area (Å²) in [6, 6.07) is 5.35. The Morgan fingerprint density at radius 1 is 1.57 bits per heavy atom.